The molecule has 0 atom stereocenters. The van der Waals surface area contributed by atoms with E-state index in [2.05, 4.69) is 5.32 Å². The van der Waals surface area contributed by atoms with Crippen LogP contribution in [-0.2, 0) is 13.2 Å². The van der Waals surface area contributed by atoms with E-state index in [9.17, 15) is 4.79 Å². The van der Waals surface area contributed by atoms with Crippen LogP contribution in [0.15, 0.2) is 66.7 Å². The lowest BCUT2D eigenvalue weighted by Crippen LogP contribution is -2.23. The summed E-state index contributed by atoms with van der Waals surface area (Å²) in [5.41, 5.74) is 3.37. The molecule has 0 bridgehead atoms. The van der Waals surface area contributed by atoms with E-state index in [1.165, 1.54) is 0 Å². The molecule has 0 radical (unpaired) electrons. The number of hydrogen-bond acceptors (Lipinski definition) is 3. The van der Waals surface area contributed by atoms with E-state index in [1.807, 2.05) is 74.5 Å². The van der Waals surface area contributed by atoms with Crippen molar-refractivity contribution in [2.75, 3.05) is 6.61 Å². The number of carbonyl (C=O) groups is 1. The smallest absolute Gasteiger partial charge is 0.251 e. The van der Waals surface area contributed by atoms with Crippen LogP contribution in [0.2, 0.25) is 5.02 Å². The van der Waals surface area contributed by atoms with Crippen molar-refractivity contribution in [3.05, 3.63) is 94.0 Å². The van der Waals surface area contributed by atoms with E-state index >= 15 is 0 Å². The molecule has 0 aliphatic carbocycles. The first kappa shape index (κ1) is 20.7. The van der Waals surface area contributed by atoms with Crippen molar-refractivity contribution >= 4 is 17.5 Å². The highest BCUT2D eigenvalue weighted by molar-refractivity contribution is 6.31. The lowest BCUT2D eigenvalue weighted by atomic mass is 10.1. The van der Waals surface area contributed by atoms with Gasteiger partial charge in [0.1, 0.15) is 18.1 Å². The van der Waals surface area contributed by atoms with Gasteiger partial charge in [0.25, 0.3) is 5.91 Å². The summed E-state index contributed by atoms with van der Waals surface area (Å²) in [6.07, 6.45) is 0. The molecule has 4 nitrogen and oxygen atoms in total. The second-order valence-electron chi connectivity index (χ2n) is 6.62. The van der Waals surface area contributed by atoms with Crippen LogP contribution in [0.25, 0.3) is 0 Å². The first-order chi connectivity index (χ1) is 14.1. The number of aryl methyl sites for hydroxylation is 1. The fourth-order valence-electron chi connectivity index (χ4n) is 2.88. The summed E-state index contributed by atoms with van der Waals surface area (Å²) in [6.45, 7) is 5.15. The summed E-state index contributed by atoms with van der Waals surface area (Å²) in [5, 5.41) is 3.64. The Morgan fingerprint density at radius 1 is 1.00 bits per heavy atom. The third-order valence-electron chi connectivity index (χ3n) is 4.44. The number of rotatable bonds is 8. The third kappa shape index (κ3) is 5.75. The SMILES string of the molecule is CCOc1ccc(C(=O)NCc2ccccc2)cc1COc1ccc(Cl)c(C)c1. The number of carbonyl (C=O) groups excluding carboxylic acids is 1. The number of benzene rings is 3. The van der Waals surface area contributed by atoms with Gasteiger partial charge in [-0.25, -0.2) is 0 Å². The normalized spacial score (nSPS) is 10.4. The molecular weight excluding hydrogens is 386 g/mol. The molecule has 0 saturated heterocycles. The average Bonchev–Trinajstić information content (AvgIpc) is 2.74. The highest BCUT2D eigenvalue weighted by atomic mass is 35.5. The zero-order chi connectivity index (χ0) is 20.6. The van der Waals surface area contributed by atoms with Crippen LogP contribution in [-0.4, -0.2) is 12.5 Å². The van der Waals surface area contributed by atoms with E-state index < -0.39 is 0 Å². The second kappa shape index (κ2) is 9.99. The minimum Gasteiger partial charge on any atom is -0.493 e. The van der Waals surface area contributed by atoms with Gasteiger partial charge in [-0.05, 0) is 61.4 Å². The van der Waals surface area contributed by atoms with Gasteiger partial charge in [0.2, 0.25) is 0 Å². The predicted octanol–water partition coefficient (Wildman–Crippen LogP) is 5.56. The Kier molecular flexibility index (Phi) is 7.14. The van der Waals surface area contributed by atoms with E-state index in [4.69, 9.17) is 21.1 Å². The summed E-state index contributed by atoms with van der Waals surface area (Å²) in [5.74, 6) is 1.28. The van der Waals surface area contributed by atoms with Crippen LogP contribution >= 0.6 is 11.6 Å². The molecular formula is C24H24ClNO3. The lowest BCUT2D eigenvalue weighted by Gasteiger charge is -2.14. The maximum atomic E-state index is 12.6. The predicted molar refractivity (Wildman–Crippen MR) is 116 cm³/mol. The quantitative estimate of drug-likeness (QED) is 0.530. The van der Waals surface area contributed by atoms with Gasteiger partial charge in [-0.2, -0.15) is 0 Å². The Labute approximate surface area is 176 Å². The molecule has 0 fully saturated rings. The van der Waals surface area contributed by atoms with E-state index in [0.29, 0.717) is 35.2 Å². The largest absolute Gasteiger partial charge is 0.493 e. The zero-order valence-corrected chi connectivity index (χ0v) is 17.3. The van der Waals surface area contributed by atoms with Gasteiger partial charge < -0.3 is 14.8 Å². The molecule has 29 heavy (non-hydrogen) atoms. The third-order valence-corrected chi connectivity index (χ3v) is 4.87. The van der Waals surface area contributed by atoms with Gasteiger partial charge >= 0.3 is 0 Å². The molecule has 0 aromatic heterocycles. The average molecular weight is 410 g/mol. The zero-order valence-electron chi connectivity index (χ0n) is 16.6. The van der Waals surface area contributed by atoms with Gasteiger partial charge in [0, 0.05) is 22.7 Å². The summed E-state index contributed by atoms with van der Waals surface area (Å²) in [6, 6.07) is 20.7. The Hall–Kier alpha value is -2.98. The topological polar surface area (TPSA) is 47.6 Å². The standard InChI is InChI=1S/C24H24ClNO3/c1-3-28-23-12-9-19(24(27)26-15-18-7-5-4-6-8-18)14-20(23)16-29-21-10-11-22(25)17(2)13-21/h4-14H,3,15-16H2,1-2H3,(H,26,27). The molecule has 0 unspecified atom stereocenters. The molecule has 0 spiro atoms. The first-order valence-corrected chi connectivity index (χ1v) is 9.91. The fourth-order valence-corrected chi connectivity index (χ4v) is 3.00. The van der Waals surface area contributed by atoms with Gasteiger partial charge in [-0.3, -0.25) is 4.79 Å². The van der Waals surface area contributed by atoms with Crippen LogP contribution in [0.1, 0.15) is 34.0 Å². The summed E-state index contributed by atoms with van der Waals surface area (Å²) in [7, 11) is 0. The molecule has 1 amide bonds. The van der Waals surface area contributed by atoms with Crippen LogP contribution in [0.4, 0.5) is 0 Å². The van der Waals surface area contributed by atoms with Crippen molar-refractivity contribution in [3.8, 4) is 11.5 Å². The number of halogens is 1. The Morgan fingerprint density at radius 2 is 1.79 bits per heavy atom. The minimum atomic E-state index is -0.138. The Morgan fingerprint density at radius 3 is 2.52 bits per heavy atom. The number of ether oxygens (including phenoxy) is 2. The molecule has 3 rings (SSSR count). The molecule has 0 aliphatic heterocycles. The van der Waals surface area contributed by atoms with E-state index in [-0.39, 0.29) is 12.5 Å². The maximum absolute atomic E-state index is 12.6. The molecule has 3 aromatic carbocycles. The Bertz CT molecular complexity index is 973. The maximum Gasteiger partial charge on any atom is 0.251 e. The van der Waals surface area contributed by atoms with Gasteiger partial charge in [0.15, 0.2) is 0 Å². The molecule has 1 N–H and O–H groups in total. The monoisotopic (exact) mass is 409 g/mol. The molecule has 0 heterocycles. The summed E-state index contributed by atoms with van der Waals surface area (Å²) in [4.78, 5) is 12.6. The van der Waals surface area contributed by atoms with Crippen LogP contribution in [0, 0.1) is 6.92 Å². The fraction of sp³-hybridized carbons (Fsp3) is 0.208. The van der Waals surface area contributed by atoms with Crippen LogP contribution < -0.4 is 14.8 Å². The van der Waals surface area contributed by atoms with Crippen LogP contribution in [0.5, 0.6) is 11.5 Å². The van der Waals surface area contributed by atoms with Crippen LogP contribution in [0.3, 0.4) is 0 Å². The van der Waals surface area contributed by atoms with Crippen molar-refractivity contribution < 1.29 is 14.3 Å². The van der Waals surface area contributed by atoms with Crippen molar-refractivity contribution in [1.29, 1.82) is 0 Å². The van der Waals surface area contributed by atoms with E-state index in [1.54, 1.807) is 6.07 Å². The second-order valence-corrected chi connectivity index (χ2v) is 7.03. The first-order valence-electron chi connectivity index (χ1n) is 9.53. The van der Waals surface area contributed by atoms with Crippen molar-refractivity contribution in [2.45, 2.75) is 27.0 Å². The van der Waals surface area contributed by atoms with Gasteiger partial charge in [0.05, 0.1) is 6.61 Å². The number of amides is 1. The van der Waals surface area contributed by atoms with Gasteiger partial charge in [-0.15, -0.1) is 0 Å². The van der Waals surface area contributed by atoms with Crippen molar-refractivity contribution in [1.82, 2.24) is 5.32 Å². The van der Waals surface area contributed by atoms with Crippen molar-refractivity contribution in [2.24, 2.45) is 0 Å². The highest BCUT2D eigenvalue weighted by Crippen LogP contribution is 2.25. The summed E-state index contributed by atoms with van der Waals surface area (Å²) < 4.78 is 11.6. The molecule has 5 heteroatoms. The van der Waals surface area contributed by atoms with Gasteiger partial charge in [-0.1, -0.05) is 41.9 Å². The summed E-state index contributed by atoms with van der Waals surface area (Å²) >= 11 is 6.07. The minimum absolute atomic E-state index is 0.138. The molecule has 150 valence electrons. The number of nitrogens with one attached hydrogen (secondary N) is 1. The lowest BCUT2D eigenvalue weighted by molar-refractivity contribution is 0.0950. The van der Waals surface area contributed by atoms with E-state index in [0.717, 1.165) is 16.7 Å². The van der Waals surface area contributed by atoms with Crippen molar-refractivity contribution in [3.63, 3.8) is 0 Å². The molecule has 0 aliphatic rings. The Balaban J connectivity index is 1.72. The highest BCUT2D eigenvalue weighted by Gasteiger charge is 2.12. The molecule has 0 saturated carbocycles. The number of hydrogen-bond donors (Lipinski definition) is 1. The molecule has 3 aromatic rings.